The van der Waals surface area contributed by atoms with E-state index in [4.69, 9.17) is 4.74 Å². The number of amides is 2. The van der Waals surface area contributed by atoms with E-state index in [0.29, 0.717) is 18.7 Å². The highest BCUT2D eigenvalue weighted by atomic mass is 16.5. The Balaban J connectivity index is 2.81. The van der Waals surface area contributed by atoms with Crippen LogP contribution in [-0.2, 0) is 9.53 Å². The van der Waals surface area contributed by atoms with E-state index >= 15 is 0 Å². The molecule has 24 heavy (non-hydrogen) atoms. The fraction of sp³-hybridized carbons (Fsp3) is 0.474. The molecule has 1 aromatic carbocycles. The van der Waals surface area contributed by atoms with Gasteiger partial charge in [-0.2, -0.15) is 0 Å². The zero-order valence-corrected chi connectivity index (χ0v) is 15.0. The lowest BCUT2D eigenvalue weighted by Gasteiger charge is -2.29. The Bertz CT molecular complexity index is 548. The molecule has 0 spiro atoms. The van der Waals surface area contributed by atoms with Crippen molar-refractivity contribution in [2.24, 2.45) is 0 Å². The summed E-state index contributed by atoms with van der Waals surface area (Å²) in [6, 6.07) is 7.35. The average Bonchev–Trinajstić information content (AvgIpc) is 2.63. The third-order valence-corrected chi connectivity index (χ3v) is 4.02. The van der Waals surface area contributed by atoms with E-state index in [2.05, 4.69) is 19.2 Å². The number of carbonyl (C=O) groups is 2. The van der Waals surface area contributed by atoms with E-state index in [1.54, 1.807) is 38.4 Å². The molecule has 2 amide bonds. The summed E-state index contributed by atoms with van der Waals surface area (Å²) in [7, 11) is 3.24. The minimum atomic E-state index is -0.124. The van der Waals surface area contributed by atoms with E-state index in [0.717, 1.165) is 18.4 Å². The predicted octanol–water partition coefficient (Wildman–Crippen LogP) is 2.72. The van der Waals surface area contributed by atoms with Crippen molar-refractivity contribution in [3.63, 3.8) is 0 Å². The van der Waals surface area contributed by atoms with Gasteiger partial charge in [-0.3, -0.25) is 9.59 Å². The Morgan fingerprint density at radius 1 is 1.21 bits per heavy atom. The topological polar surface area (TPSA) is 58.6 Å². The Morgan fingerprint density at radius 3 is 2.33 bits per heavy atom. The van der Waals surface area contributed by atoms with Crippen LogP contribution in [0.2, 0.25) is 0 Å². The second-order valence-corrected chi connectivity index (χ2v) is 5.53. The lowest BCUT2D eigenvalue weighted by Crippen LogP contribution is -2.40. The fourth-order valence-corrected chi connectivity index (χ4v) is 2.54. The molecule has 5 nitrogen and oxygen atoms in total. The van der Waals surface area contributed by atoms with Crippen molar-refractivity contribution in [1.29, 1.82) is 0 Å². The van der Waals surface area contributed by atoms with Crippen molar-refractivity contribution in [2.45, 2.75) is 32.7 Å². The molecule has 0 aliphatic heterocycles. The quantitative estimate of drug-likeness (QED) is 0.707. The lowest BCUT2D eigenvalue weighted by molar-refractivity contribution is -0.129. The van der Waals surface area contributed by atoms with Crippen molar-refractivity contribution >= 4 is 17.9 Å². The Morgan fingerprint density at radius 2 is 1.83 bits per heavy atom. The Hall–Kier alpha value is -2.14. The maximum atomic E-state index is 12.5. The molecule has 0 saturated heterocycles. The van der Waals surface area contributed by atoms with Gasteiger partial charge in [0, 0.05) is 38.4 Å². The van der Waals surface area contributed by atoms with E-state index in [1.165, 1.54) is 0 Å². The number of nitrogens with zero attached hydrogens (tertiary/aromatic N) is 1. The normalized spacial score (nSPS) is 11.0. The van der Waals surface area contributed by atoms with Gasteiger partial charge < -0.3 is 15.0 Å². The van der Waals surface area contributed by atoms with Gasteiger partial charge in [0.2, 0.25) is 5.91 Å². The number of hydrogen-bond donors (Lipinski definition) is 1. The van der Waals surface area contributed by atoms with E-state index in [-0.39, 0.29) is 17.9 Å². The van der Waals surface area contributed by atoms with E-state index < -0.39 is 0 Å². The zero-order chi connectivity index (χ0) is 17.9. The molecule has 0 radical (unpaired) electrons. The first-order valence-electron chi connectivity index (χ1n) is 8.37. The first kappa shape index (κ1) is 19.9. The van der Waals surface area contributed by atoms with E-state index in [9.17, 15) is 9.59 Å². The summed E-state index contributed by atoms with van der Waals surface area (Å²) in [5, 5.41) is 2.58. The van der Waals surface area contributed by atoms with Crippen LogP contribution >= 0.6 is 0 Å². The van der Waals surface area contributed by atoms with Crippen LogP contribution in [0.3, 0.4) is 0 Å². The van der Waals surface area contributed by atoms with Crippen molar-refractivity contribution in [3.05, 3.63) is 41.5 Å². The Labute approximate surface area is 144 Å². The second kappa shape index (κ2) is 10.6. The number of nitrogens with one attached hydrogen (secondary N) is 1. The molecule has 0 atom stereocenters. The molecule has 5 heteroatoms. The summed E-state index contributed by atoms with van der Waals surface area (Å²) in [5.41, 5.74) is 1.48. The molecule has 0 aromatic heterocycles. The number of benzene rings is 1. The summed E-state index contributed by atoms with van der Waals surface area (Å²) in [4.78, 5) is 25.9. The van der Waals surface area contributed by atoms with Crippen LogP contribution < -0.4 is 5.32 Å². The highest BCUT2D eigenvalue weighted by molar-refractivity contribution is 5.94. The molecule has 0 unspecified atom stereocenters. The molecule has 1 aromatic rings. The summed E-state index contributed by atoms with van der Waals surface area (Å²) in [5.74, 6) is -0.141. The number of ether oxygens (including phenoxy) is 1. The van der Waals surface area contributed by atoms with Crippen molar-refractivity contribution in [1.82, 2.24) is 10.2 Å². The van der Waals surface area contributed by atoms with Crippen LogP contribution in [0.25, 0.3) is 6.08 Å². The smallest absolute Gasteiger partial charge is 0.251 e. The lowest BCUT2D eigenvalue weighted by atomic mass is 10.1. The van der Waals surface area contributed by atoms with Gasteiger partial charge in [0.1, 0.15) is 0 Å². The maximum absolute atomic E-state index is 12.5. The molecule has 0 heterocycles. The highest BCUT2D eigenvalue weighted by Gasteiger charge is 2.18. The predicted molar refractivity (Wildman–Crippen MR) is 96.8 cm³/mol. The second-order valence-electron chi connectivity index (χ2n) is 5.53. The van der Waals surface area contributed by atoms with Gasteiger partial charge >= 0.3 is 0 Å². The fourth-order valence-electron chi connectivity index (χ4n) is 2.54. The summed E-state index contributed by atoms with van der Waals surface area (Å²) in [6.45, 7) is 5.28. The zero-order valence-electron chi connectivity index (χ0n) is 15.0. The van der Waals surface area contributed by atoms with Gasteiger partial charge in [-0.25, -0.2) is 0 Å². The summed E-state index contributed by atoms with van der Waals surface area (Å²) >= 11 is 0. The standard InChI is InChI=1S/C19H28N2O3/c1-5-17(6-2)21(13-14-24-4)18(22)12-9-15-7-10-16(11-8-15)19(23)20-3/h7-12,17H,5-6,13-14H2,1-4H3,(H,20,23)/b12-9+. The highest BCUT2D eigenvalue weighted by Crippen LogP contribution is 2.11. The largest absolute Gasteiger partial charge is 0.383 e. The monoisotopic (exact) mass is 332 g/mol. The van der Waals surface area contributed by atoms with Crippen LogP contribution in [0.1, 0.15) is 42.6 Å². The van der Waals surface area contributed by atoms with Gasteiger partial charge in [0.15, 0.2) is 0 Å². The minimum Gasteiger partial charge on any atom is -0.383 e. The third-order valence-electron chi connectivity index (χ3n) is 4.02. The number of carbonyl (C=O) groups excluding carboxylic acids is 2. The minimum absolute atomic E-state index is 0.0175. The van der Waals surface area contributed by atoms with Gasteiger partial charge in [-0.1, -0.05) is 26.0 Å². The molecule has 0 bridgehead atoms. The Kier molecular flexibility index (Phi) is 8.79. The molecule has 0 aliphatic carbocycles. The van der Waals surface area contributed by atoms with Gasteiger partial charge in [-0.05, 0) is 36.6 Å². The third kappa shape index (κ3) is 5.81. The molecule has 0 fully saturated rings. The van der Waals surface area contributed by atoms with Gasteiger partial charge in [0.25, 0.3) is 5.91 Å². The molecule has 132 valence electrons. The van der Waals surface area contributed by atoms with Crippen molar-refractivity contribution < 1.29 is 14.3 Å². The first-order valence-corrected chi connectivity index (χ1v) is 8.37. The van der Waals surface area contributed by atoms with E-state index in [1.807, 2.05) is 17.0 Å². The summed E-state index contributed by atoms with van der Waals surface area (Å²) in [6.07, 6.45) is 5.20. The molecular weight excluding hydrogens is 304 g/mol. The first-order chi connectivity index (χ1) is 11.6. The van der Waals surface area contributed by atoms with Crippen LogP contribution in [0.15, 0.2) is 30.3 Å². The molecule has 1 N–H and O–H groups in total. The van der Waals surface area contributed by atoms with Crippen molar-refractivity contribution in [2.75, 3.05) is 27.3 Å². The van der Waals surface area contributed by atoms with Crippen molar-refractivity contribution in [3.8, 4) is 0 Å². The van der Waals surface area contributed by atoms with Crippen LogP contribution in [0.4, 0.5) is 0 Å². The van der Waals surface area contributed by atoms with Crippen LogP contribution in [0, 0.1) is 0 Å². The molecule has 0 aliphatic rings. The van der Waals surface area contributed by atoms with Crippen LogP contribution in [0.5, 0.6) is 0 Å². The van der Waals surface area contributed by atoms with Crippen LogP contribution in [-0.4, -0.2) is 50.1 Å². The SMILES string of the molecule is CCC(CC)N(CCOC)C(=O)/C=C/c1ccc(C(=O)NC)cc1. The number of methoxy groups -OCH3 is 1. The molecule has 1 rings (SSSR count). The van der Waals surface area contributed by atoms with Gasteiger partial charge in [-0.15, -0.1) is 0 Å². The average molecular weight is 332 g/mol. The molecule has 0 saturated carbocycles. The summed E-state index contributed by atoms with van der Waals surface area (Å²) < 4.78 is 5.11. The number of hydrogen-bond acceptors (Lipinski definition) is 3. The van der Waals surface area contributed by atoms with Gasteiger partial charge in [0.05, 0.1) is 6.61 Å². The maximum Gasteiger partial charge on any atom is 0.251 e. The number of rotatable bonds is 9. The molecular formula is C19H28N2O3.